The van der Waals surface area contributed by atoms with Crippen LogP contribution in [0.4, 0.5) is 5.69 Å². The highest BCUT2D eigenvalue weighted by molar-refractivity contribution is 7.16. The Bertz CT molecular complexity index is 552. The van der Waals surface area contributed by atoms with Crippen molar-refractivity contribution < 1.29 is 4.74 Å². The van der Waals surface area contributed by atoms with Gasteiger partial charge < -0.3 is 10.1 Å². The van der Waals surface area contributed by atoms with Crippen LogP contribution in [0.15, 0.2) is 30.3 Å². The first-order valence-electron chi connectivity index (χ1n) is 6.06. The van der Waals surface area contributed by atoms with Crippen molar-refractivity contribution in [3.8, 4) is 5.75 Å². The maximum Gasteiger partial charge on any atom is 0.143 e. The molecule has 2 aromatic rings. The van der Waals surface area contributed by atoms with Crippen LogP contribution in [0.2, 0.25) is 4.34 Å². The van der Waals surface area contributed by atoms with Crippen molar-refractivity contribution in [2.24, 2.45) is 0 Å². The maximum absolute atomic E-state index is 5.91. The molecule has 0 bridgehead atoms. The Hall–Kier alpha value is -1.19. The SMILES string of the molecule is Clc1ccc(COc2cccc3c2NCCC3)s1. The van der Waals surface area contributed by atoms with E-state index in [2.05, 4.69) is 17.4 Å². The van der Waals surface area contributed by atoms with Crippen LogP contribution < -0.4 is 10.1 Å². The summed E-state index contributed by atoms with van der Waals surface area (Å²) in [5.41, 5.74) is 2.51. The molecule has 4 heteroatoms. The van der Waals surface area contributed by atoms with E-state index >= 15 is 0 Å². The Balaban J connectivity index is 1.76. The summed E-state index contributed by atoms with van der Waals surface area (Å²) in [6.07, 6.45) is 2.32. The number of ether oxygens (including phenoxy) is 1. The number of para-hydroxylation sites is 1. The minimum atomic E-state index is 0.579. The quantitative estimate of drug-likeness (QED) is 0.902. The third kappa shape index (κ3) is 2.47. The molecule has 0 aliphatic carbocycles. The van der Waals surface area contributed by atoms with Crippen LogP contribution in [0.1, 0.15) is 16.9 Å². The lowest BCUT2D eigenvalue weighted by Crippen LogP contribution is -2.12. The molecule has 2 heterocycles. The van der Waals surface area contributed by atoms with Crippen LogP contribution in [0.3, 0.4) is 0 Å². The summed E-state index contributed by atoms with van der Waals surface area (Å²) in [6.45, 7) is 1.60. The second kappa shape index (κ2) is 5.21. The number of hydrogen-bond acceptors (Lipinski definition) is 3. The zero-order chi connectivity index (χ0) is 12.4. The van der Waals surface area contributed by atoms with E-state index in [1.54, 1.807) is 11.3 Å². The number of aryl methyl sites for hydroxylation is 1. The standard InChI is InChI=1S/C14H14ClNOS/c15-13-7-6-11(18-13)9-17-12-5-1-3-10-4-2-8-16-14(10)12/h1,3,5-7,16H,2,4,8-9H2. The fourth-order valence-electron chi connectivity index (χ4n) is 2.18. The molecule has 1 N–H and O–H groups in total. The van der Waals surface area contributed by atoms with Crippen LogP contribution in [0.5, 0.6) is 5.75 Å². The first-order chi connectivity index (χ1) is 8.83. The highest BCUT2D eigenvalue weighted by Crippen LogP contribution is 2.33. The largest absolute Gasteiger partial charge is 0.486 e. The molecule has 0 atom stereocenters. The van der Waals surface area contributed by atoms with Crippen LogP contribution in [0.25, 0.3) is 0 Å². The number of anilines is 1. The predicted octanol–water partition coefficient (Wildman–Crippen LogP) is 4.34. The van der Waals surface area contributed by atoms with Gasteiger partial charge in [-0.05, 0) is 36.6 Å². The fourth-order valence-corrected chi connectivity index (χ4v) is 3.18. The van der Waals surface area contributed by atoms with Crippen LogP contribution in [0, 0.1) is 0 Å². The van der Waals surface area contributed by atoms with Gasteiger partial charge in [0.1, 0.15) is 12.4 Å². The summed E-state index contributed by atoms with van der Waals surface area (Å²) < 4.78 is 6.70. The highest BCUT2D eigenvalue weighted by atomic mass is 35.5. The van der Waals surface area contributed by atoms with Gasteiger partial charge in [0, 0.05) is 11.4 Å². The van der Waals surface area contributed by atoms with Gasteiger partial charge in [0.05, 0.1) is 10.0 Å². The van der Waals surface area contributed by atoms with Gasteiger partial charge >= 0.3 is 0 Å². The molecule has 0 fully saturated rings. The van der Waals surface area contributed by atoms with Crippen LogP contribution in [-0.2, 0) is 13.0 Å². The van der Waals surface area contributed by atoms with Crippen LogP contribution >= 0.6 is 22.9 Å². The topological polar surface area (TPSA) is 21.3 Å². The van der Waals surface area contributed by atoms with Gasteiger partial charge in [-0.15, -0.1) is 11.3 Å². The fraction of sp³-hybridized carbons (Fsp3) is 0.286. The molecule has 94 valence electrons. The Labute approximate surface area is 116 Å². The molecule has 18 heavy (non-hydrogen) atoms. The molecule has 0 radical (unpaired) electrons. The number of fused-ring (bicyclic) bond motifs is 1. The molecule has 2 nitrogen and oxygen atoms in total. The summed E-state index contributed by atoms with van der Waals surface area (Å²) >= 11 is 7.47. The lowest BCUT2D eigenvalue weighted by Gasteiger charge is -2.20. The Morgan fingerprint density at radius 3 is 3.06 bits per heavy atom. The van der Waals surface area contributed by atoms with Gasteiger partial charge in [0.2, 0.25) is 0 Å². The van der Waals surface area contributed by atoms with Gasteiger partial charge in [0.25, 0.3) is 0 Å². The molecule has 0 saturated carbocycles. The first-order valence-corrected chi connectivity index (χ1v) is 7.25. The summed E-state index contributed by atoms with van der Waals surface area (Å²) in [7, 11) is 0. The smallest absolute Gasteiger partial charge is 0.143 e. The summed E-state index contributed by atoms with van der Waals surface area (Å²) in [5.74, 6) is 0.941. The van der Waals surface area contributed by atoms with Gasteiger partial charge in [-0.3, -0.25) is 0 Å². The lowest BCUT2D eigenvalue weighted by atomic mass is 10.0. The number of nitrogens with one attached hydrogen (secondary N) is 1. The van der Waals surface area contributed by atoms with Gasteiger partial charge in [-0.2, -0.15) is 0 Å². The molecule has 0 amide bonds. The second-order valence-electron chi connectivity index (χ2n) is 4.32. The number of thiophene rings is 1. The van der Waals surface area contributed by atoms with E-state index in [1.807, 2.05) is 18.2 Å². The molecule has 1 aromatic carbocycles. The minimum Gasteiger partial charge on any atom is -0.486 e. The third-order valence-corrected chi connectivity index (χ3v) is 4.24. The van der Waals surface area contributed by atoms with Gasteiger partial charge in [0.15, 0.2) is 0 Å². The Morgan fingerprint density at radius 1 is 1.28 bits per heavy atom. The lowest BCUT2D eigenvalue weighted by molar-refractivity contribution is 0.310. The van der Waals surface area contributed by atoms with E-state index in [-0.39, 0.29) is 0 Å². The molecule has 0 saturated heterocycles. The summed E-state index contributed by atoms with van der Waals surface area (Å²) in [5, 5.41) is 3.43. The van der Waals surface area contributed by atoms with E-state index in [9.17, 15) is 0 Å². The highest BCUT2D eigenvalue weighted by Gasteiger charge is 2.13. The van der Waals surface area contributed by atoms with Crippen LogP contribution in [-0.4, -0.2) is 6.54 Å². The Kier molecular flexibility index (Phi) is 3.43. The summed E-state index contributed by atoms with van der Waals surface area (Å²) in [6, 6.07) is 10.2. The zero-order valence-corrected chi connectivity index (χ0v) is 11.5. The molecule has 1 aromatic heterocycles. The van der Waals surface area contributed by atoms with Crippen molar-refractivity contribution >= 4 is 28.6 Å². The van der Waals surface area contributed by atoms with E-state index in [0.29, 0.717) is 6.61 Å². The molecule has 0 unspecified atom stereocenters. The molecule has 0 spiro atoms. The number of benzene rings is 1. The average Bonchev–Trinajstić information content (AvgIpc) is 2.82. The number of hydrogen-bond donors (Lipinski definition) is 1. The molecular formula is C14H14ClNOS. The van der Waals surface area contributed by atoms with Crippen molar-refractivity contribution in [2.45, 2.75) is 19.4 Å². The van der Waals surface area contributed by atoms with Crippen molar-refractivity contribution in [1.29, 1.82) is 0 Å². The molecule has 1 aliphatic rings. The normalized spacial score (nSPS) is 13.8. The van der Waals surface area contributed by atoms with Crippen molar-refractivity contribution in [3.63, 3.8) is 0 Å². The van der Waals surface area contributed by atoms with Gasteiger partial charge in [-0.25, -0.2) is 0 Å². The van der Waals surface area contributed by atoms with Crippen molar-refractivity contribution in [3.05, 3.63) is 45.1 Å². The average molecular weight is 280 g/mol. The molecule has 3 rings (SSSR count). The second-order valence-corrected chi connectivity index (χ2v) is 6.11. The maximum atomic E-state index is 5.91. The van der Waals surface area contributed by atoms with Crippen molar-refractivity contribution in [2.75, 3.05) is 11.9 Å². The van der Waals surface area contributed by atoms with E-state index < -0.39 is 0 Å². The minimum absolute atomic E-state index is 0.579. The Morgan fingerprint density at radius 2 is 2.22 bits per heavy atom. The van der Waals surface area contributed by atoms with Gasteiger partial charge in [-0.1, -0.05) is 23.7 Å². The van der Waals surface area contributed by atoms with E-state index in [4.69, 9.17) is 16.3 Å². The number of rotatable bonds is 3. The predicted molar refractivity (Wildman–Crippen MR) is 76.9 cm³/mol. The first kappa shape index (κ1) is 11.9. The molecular weight excluding hydrogens is 266 g/mol. The molecule has 1 aliphatic heterocycles. The summed E-state index contributed by atoms with van der Waals surface area (Å²) in [4.78, 5) is 1.15. The van der Waals surface area contributed by atoms with Crippen molar-refractivity contribution in [1.82, 2.24) is 0 Å². The van der Waals surface area contributed by atoms with E-state index in [1.165, 1.54) is 12.0 Å². The van der Waals surface area contributed by atoms with E-state index in [0.717, 1.165) is 33.6 Å². The number of halogens is 1. The zero-order valence-electron chi connectivity index (χ0n) is 9.91. The monoisotopic (exact) mass is 279 g/mol. The third-order valence-electron chi connectivity index (χ3n) is 3.04.